The highest BCUT2D eigenvalue weighted by Gasteiger charge is 2.14. The lowest BCUT2D eigenvalue weighted by molar-refractivity contribution is -0.130. The predicted molar refractivity (Wildman–Crippen MR) is 72.5 cm³/mol. The van der Waals surface area contributed by atoms with Crippen LogP contribution in [-0.2, 0) is 9.53 Å². The van der Waals surface area contributed by atoms with Crippen molar-refractivity contribution in [3.8, 4) is 5.75 Å². The highest BCUT2D eigenvalue weighted by Crippen LogP contribution is 2.26. The van der Waals surface area contributed by atoms with Crippen molar-refractivity contribution in [1.29, 1.82) is 0 Å². The molecule has 0 radical (unpaired) electrons. The first kappa shape index (κ1) is 11.5. The summed E-state index contributed by atoms with van der Waals surface area (Å²) in [5, 5.41) is 1.97. The van der Waals surface area contributed by atoms with Crippen molar-refractivity contribution >= 4 is 16.7 Å². The van der Waals surface area contributed by atoms with E-state index in [1.807, 2.05) is 36.4 Å². The number of hydrogen-bond acceptors (Lipinski definition) is 3. The zero-order chi connectivity index (χ0) is 13.1. The van der Waals surface area contributed by atoms with Crippen LogP contribution in [0, 0.1) is 0 Å². The lowest BCUT2D eigenvalue weighted by Crippen LogP contribution is -2.12. The molecule has 1 aliphatic heterocycles. The van der Waals surface area contributed by atoms with Gasteiger partial charge in [0, 0.05) is 11.8 Å². The fraction of sp³-hybridized carbons (Fsp3) is 0.0625. The summed E-state index contributed by atoms with van der Waals surface area (Å²) in [6.07, 6.45) is 5.28. The lowest BCUT2D eigenvalue weighted by atomic mass is 10.1. The van der Waals surface area contributed by atoms with Gasteiger partial charge in [-0.2, -0.15) is 0 Å². The summed E-state index contributed by atoms with van der Waals surface area (Å²) in [4.78, 5) is 12.0. The maximum Gasteiger partial charge on any atom is 0.342 e. The molecule has 2 aromatic carbocycles. The molecule has 0 spiro atoms. The van der Waals surface area contributed by atoms with E-state index in [1.54, 1.807) is 18.4 Å². The van der Waals surface area contributed by atoms with Crippen LogP contribution >= 0.6 is 0 Å². The fourth-order valence-electron chi connectivity index (χ4n) is 1.98. The second-order valence-electron chi connectivity index (χ2n) is 4.22. The molecule has 0 atom stereocenters. The largest absolute Gasteiger partial charge is 0.472 e. The summed E-state index contributed by atoms with van der Waals surface area (Å²) in [5.41, 5.74) is 0.510. The van der Waals surface area contributed by atoms with Crippen LogP contribution in [0.4, 0.5) is 0 Å². The Balaban J connectivity index is 1.89. The van der Waals surface area contributed by atoms with Gasteiger partial charge in [-0.05, 0) is 17.5 Å². The van der Waals surface area contributed by atoms with Crippen molar-refractivity contribution in [2.45, 2.75) is 6.42 Å². The molecule has 0 saturated carbocycles. The molecule has 0 aliphatic carbocycles. The van der Waals surface area contributed by atoms with Gasteiger partial charge in [0.05, 0.1) is 11.8 Å². The molecule has 1 aliphatic rings. The number of hydrogen-bond donors (Lipinski definition) is 0. The summed E-state index contributed by atoms with van der Waals surface area (Å²) in [5.74, 6) is 0.194. The average molecular weight is 252 g/mol. The first-order valence-electron chi connectivity index (χ1n) is 6.04. The molecule has 0 aromatic heterocycles. The molecule has 0 bridgehead atoms. The van der Waals surface area contributed by atoms with Crippen LogP contribution in [-0.4, -0.2) is 5.97 Å². The number of allylic oxidation sites excluding steroid dienone is 1. The van der Waals surface area contributed by atoms with E-state index in [1.165, 1.54) is 6.26 Å². The maximum atomic E-state index is 12.0. The highest BCUT2D eigenvalue weighted by molar-refractivity contribution is 5.95. The standard InChI is InChI=1S/C16H12O3/c17-16(13-7-4-10-18-11-13)19-15-9-3-6-12-5-1-2-8-14(12)15/h1-6,8-11H,7H2. The van der Waals surface area contributed by atoms with Crippen LogP contribution in [0.3, 0.4) is 0 Å². The van der Waals surface area contributed by atoms with E-state index in [2.05, 4.69) is 0 Å². The number of carbonyl (C=O) groups excluding carboxylic acids is 1. The molecule has 2 aromatic rings. The SMILES string of the molecule is O=C(Oc1cccc2ccccc12)C1=COC=CC1. The number of carbonyl (C=O) groups is 1. The third kappa shape index (κ3) is 2.36. The molecule has 3 heteroatoms. The Kier molecular flexibility index (Phi) is 3.02. The van der Waals surface area contributed by atoms with E-state index >= 15 is 0 Å². The highest BCUT2D eigenvalue weighted by atomic mass is 16.5. The summed E-state index contributed by atoms with van der Waals surface area (Å²) in [6, 6.07) is 13.4. The zero-order valence-electron chi connectivity index (χ0n) is 10.2. The number of ether oxygens (including phenoxy) is 2. The average Bonchev–Trinajstić information content (AvgIpc) is 2.48. The molecule has 3 nitrogen and oxygen atoms in total. The Morgan fingerprint density at radius 2 is 1.95 bits per heavy atom. The molecule has 94 valence electrons. The van der Waals surface area contributed by atoms with E-state index in [9.17, 15) is 4.79 Å². The predicted octanol–water partition coefficient (Wildman–Crippen LogP) is 3.56. The molecule has 0 unspecified atom stereocenters. The topological polar surface area (TPSA) is 35.5 Å². The molecular weight excluding hydrogens is 240 g/mol. The third-order valence-corrected chi connectivity index (χ3v) is 2.94. The maximum absolute atomic E-state index is 12.0. The van der Waals surface area contributed by atoms with Gasteiger partial charge in [-0.3, -0.25) is 0 Å². The first-order chi connectivity index (χ1) is 9.34. The molecule has 0 saturated heterocycles. The van der Waals surface area contributed by atoms with Gasteiger partial charge in [-0.25, -0.2) is 4.79 Å². The number of benzene rings is 2. The van der Waals surface area contributed by atoms with Crippen LogP contribution in [0.25, 0.3) is 10.8 Å². The Labute approximate surface area is 110 Å². The van der Waals surface area contributed by atoms with Crippen molar-refractivity contribution in [2.24, 2.45) is 0 Å². The van der Waals surface area contributed by atoms with Gasteiger partial charge in [0.15, 0.2) is 0 Å². The number of esters is 1. The first-order valence-corrected chi connectivity index (χ1v) is 6.04. The molecule has 19 heavy (non-hydrogen) atoms. The Morgan fingerprint density at radius 3 is 2.79 bits per heavy atom. The monoisotopic (exact) mass is 252 g/mol. The molecule has 3 rings (SSSR count). The quantitative estimate of drug-likeness (QED) is 0.605. The van der Waals surface area contributed by atoms with Gasteiger partial charge in [0.2, 0.25) is 0 Å². The van der Waals surface area contributed by atoms with E-state index in [0.29, 0.717) is 17.7 Å². The molecular formula is C16H12O3. The van der Waals surface area contributed by atoms with Crippen molar-refractivity contribution in [3.05, 3.63) is 66.6 Å². The van der Waals surface area contributed by atoms with Crippen LogP contribution < -0.4 is 4.74 Å². The minimum atomic E-state index is -0.374. The van der Waals surface area contributed by atoms with Gasteiger partial charge in [-0.15, -0.1) is 0 Å². The van der Waals surface area contributed by atoms with Crippen LogP contribution in [0.15, 0.2) is 66.6 Å². The molecule has 0 amide bonds. The van der Waals surface area contributed by atoms with Crippen molar-refractivity contribution in [2.75, 3.05) is 0 Å². The van der Waals surface area contributed by atoms with Crippen molar-refractivity contribution in [1.82, 2.24) is 0 Å². The molecule has 0 N–H and O–H groups in total. The normalized spacial score (nSPS) is 13.8. The van der Waals surface area contributed by atoms with E-state index in [0.717, 1.165) is 10.8 Å². The Morgan fingerprint density at radius 1 is 1.11 bits per heavy atom. The van der Waals surface area contributed by atoms with Gasteiger partial charge in [-0.1, -0.05) is 36.4 Å². The van der Waals surface area contributed by atoms with Crippen LogP contribution in [0.1, 0.15) is 6.42 Å². The summed E-state index contributed by atoms with van der Waals surface area (Å²) in [6.45, 7) is 0. The van der Waals surface area contributed by atoms with Crippen LogP contribution in [0.5, 0.6) is 5.75 Å². The summed E-state index contributed by atoms with van der Waals surface area (Å²) >= 11 is 0. The lowest BCUT2D eigenvalue weighted by Gasteiger charge is -2.10. The van der Waals surface area contributed by atoms with Gasteiger partial charge >= 0.3 is 5.97 Å². The third-order valence-electron chi connectivity index (χ3n) is 2.94. The van der Waals surface area contributed by atoms with E-state index < -0.39 is 0 Å². The minimum absolute atomic E-state index is 0.374. The second kappa shape index (κ2) is 4.98. The van der Waals surface area contributed by atoms with Gasteiger partial charge < -0.3 is 9.47 Å². The number of rotatable bonds is 2. The zero-order valence-corrected chi connectivity index (χ0v) is 10.2. The summed E-state index contributed by atoms with van der Waals surface area (Å²) in [7, 11) is 0. The molecule has 1 heterocycles. The molecule has 0 fully saturated rings. The minimum Gasteiger partial charge on any atom is -0.472 e. The Bertz CT molecular complexity index is 678. The van der Waals surface area contributed by atoms with Crippen molar-refractivity contribution < 1.29 is 14.3 Å². The Hall–Kier alpha value is -2.55. The summed E-state index contributed by atoms with van der Waals surface area (Å²) < 4.78 is 10.4. The number of fused-ring (bicyclic) bond motifs is 1. The van der Waals surface area contributed by atoms with Gasteiger partial charge in [0.25, 0.3) is 0 Å². The van der Waals surface area contributed by atoms with Gasteiger partial charge in [0.1, 0.15) is 12.0 Å². The van der Waals surface area contributed by atoms with Crippen LogP contribution in [0.2, 0.25) is 0 Å². The fourth-order valence-corrected chi connectivity index (χ4v) is 1.98. The van der Waals surface area contributed by atoms with Crippen molar-refractivity contribution in [3.63, 3.8) is 0 Å². The second-order valence-corrected chi connectivity index (χ2v) is 4.22. The smallest absolute Gasteiger partial charge is 0.342 e. The van der Waals surface area contributed by atoms with E-state index in [-0.39, 0.29) is 5.97 Å². The van der Waals surface area contributed by atoms with E-state index in [4.69, 9.17) is 9.47 Å².